The Morgan fingerprint density at radius 3 is 2.27 bits per heavy atom. The first kappa shape index (κ1) is 22.8. The fourth-order valence-corrected chi connectivity index (χ4v) is 5.56. The molecule has 3 heterocycles. The molecular weight excluding hydrogens is 480 g/mol. The highest BCUT2D eigenvalue weighted by Gasteiger charge is 2.41. The van der Waals surface area contributed by atoms with Crippen LogP contribution in [0.4, 0.5) is 5.82 Å². The van der Waals surface area contributed by atoms with Crippen LogP contribution in [0.15, 0.2) is 120 Å². The molecule has 0 aliphatic carbocycles. The zero-order valence-electron chi connectivity index (χ0n) is 19.7. The second kappa shape index (κ2) is 9.79. The summed E-state index contributed by atoms with van der Waals surface area (Å²) in [6.45, 7) is 0. The van der Waals surface area contributed by atoms with E-state index in [0.29, 0.717) is 16.3 Å². The first-order valence-corrected chi connectivity index (χ1v) is 12.7. The van der Waals surface area contributed by atoms with Gasteiger partial charge in [0.25, 0.3) is 5.91 Å². The zero-order chi connectivity index (χ0) is 25.2. The van der Waals surface area contributed by atoms with Crippen LogP contribution in [0.3, 0.4) is 0 Å². The molecule has 0 saturated carbocycles. The summed E-state index contributed by atoms with van der Waals surface area (Å²) in [5.74, 6) is 0.499. The van der Waals surface area contributed by atoms with Gasteiger partial charge in [0.2, 0.25) is 0 Å². The zero-order valence-corrected chi connectivity index (χ0v) is 20.5. The molecule has 1 amide bonds. The fraction of sp³-hybridized carbons (Fsp3) is 0.0333. The predicted octanol–water partition coefficient (Wildman–Crippen LogP) is 6.46. The second-order valence-corrected chi connectivity index (χ2v) is 9.60. The van der Waals surface area contributed by atoms with Gasteiger partial charge in [0.1, 0.15) is 16.9 Å². The van der Waals surface area contributed by atoms with Crippen LogP contribution in [0.5, 0.6) is 5.75 Å². The molecule has 0 radical (unpaired) electrons. The molecular formula is C30H22N4O2S. The summed E-state index contributed by atoms with van der Waals surface area (Å²) in [6, 6.07) is 32.4. The van der Waals surface area contributed by atoms with E-state index in [1.54, 1.807) is 35.4 Å². The van der Waals surface area contributed by atoms with Crippen LogP contribution >= 0.6 is 11.8 Å². The third kappa shape index (κ3) is 4.41. The minimum atomic E-state index is -0.410. The summed E-state index contributed by atoms with van der Waals surface area (Å²) in [5, 5.41) is 14.9. The first-order valence-electron chi connectivity index (χ1n) is 11.8. The number of para-hydroxylation sites is 2. The molecule has 6 nitrogen and oxygen atoms in total. The van der Waals surface area contributed by atoms with Crippen LogP contribution in [0.25, 0.3) is 23.0 Å². The van der Waals surface area contributed by atoms with Gasteiger partial charge in [-0.1, -0.05) is 84.6 Å². The lowest BCUT2D eigenvalue weighted by Crippen LogP contribution is -2.28. The van der Waals surface area contributed by atoms with E-state index in [4.69, 9.17) is 5.10 Å². The predicted molar refractivity (Wildman–Crippen MR) is 147 cm³/mol. The van der Waals surface area contributed by atoms with Crippen molar-refractivity contribution in [3.05, 3.63) is 132 Å². The van der Waals surface area contributed by atoms with Crippen molar-refractivity contribution >= 4 is 29.6 Å². The minimum Gasteiger partial charge on any atom is -0.507 e. The molecule has 0 spiro atoms. The number of pyridine rings is 1. The van der Waals surface area contributed by atoms with E-state index < -0.39 is 5.37 Å². The maximum Gasteiger partial charge on any atom is 0.267 e. The number of phenolic OH excluding ortho intramolecular Hbond substituents is 1. The number of amides is 1. The summed E-state index contributed by atoms with van der Waals surface area (Å²) in [5.41, 5.74) is 4.15. The van der Waals surface area contributed by atoms with Crippen LogP contribution in [0.1, 0.15) is 16.5 Å². The van der Waals surface area contributed by atoms with Crippen molar-refractivity contribution < 1.29 is 9.90 Å². The number of rotatable bonds is 5. The van der Waals surface area contributed by atoms with E-state index in [1.165, 1.54) is 11.8 Å². The number of aromatic hydroxyl groups is 1. The van der Waals surface area contributed by atoms with Gasteiger partial charge in [-0.2, -0.15) is 5.10 Å². The molecule has 0 bridgehead atoms. The van der Waals surface area contributed by atoms with Gasteiger partial charge in [-0.05, 0) is 36.4 Å². The van der Waals surface area contributed by atoms with E-state index in [9.17, 15) is 9.90 Å². The fourth-order valence-electron chi connectivity index (χ4n) is 4.32. The highest BCUT2D eigenvalue weighted by atomic mass is 32.2. The molecule has 7 heteroatoms. The average Bonchev–Trinajstić information content (AvgIpc) is 3.53. The summed E-state index contributed by atoms with van der Waals surface area (Å²) in [4.78, 5) is 20.5. The number of phenols is 1. The number of hydrogen-bond acceptors (Lipinski definition) is 5. The molecule has 6 rings (SSSR count). The summed E-state index contributed by atoms with van der Waals surface area (Å²) >= 11 is 1.43. The highest BCUT2D eigenvalue weighted by molar-refractivity contribution is 8.05. The smallest absolute Gasteiger partial charge is 0.267 e. The van der Waals surface area contributed by atoms with E-state index in [-0.39, 0.29) is 11.7 Å². The van der Waals surface area contributed by atoms with Gasteiger partial charge in [-0.25, -0.2) is 9.67 Å². The SMILES string of the molecule is O=C1C(=Cc2ccccc2O)SC(c2cn(-c3ccccc3)nc2-c2ccccc2)N1c1ccccn1. The maximum absolute atomic E-state index is 13.8. The van der Waals surface area contributed by atoms with E-state index in [1.807, 2.05) is 95.8 Å². The largest absolute Gasteiger partial charge is 0.507 e. The highest BCUT2D eigenvalue weighted by Crippen LogP contribution is 2.50. The number of carbonyl (C=O) groups excluding carboxylic acids is 1. The molecule has 1 unspecified atom stereocenters. The minimum absolute atomic E-state index is 0.123. The Hall–Kier alpha value is -4.62. The number of carbonyl (C=O) groups is 1. The van der Waals surface area contributed by atoms with Gasteiger partial charge in [0.05, 0.1) is 16.3 Å². The molecule has 1 fully saturated rings. The third-order valence-electron chi connectivity index (χ3n) is 6.10. The molecule has 1 saturated heterocycles. The van der Waals surface area contributed by atoms with Gasteiger partial charge in [-0.15, -0.1) is 0 Å². The molecule has 2 aromatic heterocycles. The summed E-state index contributed by atoms with van der Waals surface area (Å²) < 4.78 is 1.85. The first-order chi connectivity index (χ1) is 18.2. The number of benzene rings is 3. The molecule has 3 aromatic carbocycles. The van der Waals surface area contributed by atoms with Gasteiger partial charge in [0, 0.05) is 29.1 Å². The third-order valence-corrected chi connectivity index (χ3v) is 7.33. The van der Waals surface area contributed by atoms with Crippen LogP contribution in [-0.4, -0.2) is 25.8 Å². The van der Waals surface area contributed by atoms with Crippen molar-refractivity contribution in [3.63, 3.8) is 0 Å². The van der Waals surface area contributed by atoms with E-state index in [0.717, 1.165) is 22.5 Å². The standard InChI is InChI=1S/C30H22N4O2S/c35-25-16-8-7-13-22(25)19-26-29(36)34(27-17-9-10-18-31-27)30(37-26)24-20-33(23-14-5-2-6-15-23)32-28(24)21-11-3-1-4-12-21/h1-20,30,35H. The van der Waals surface area contributed by atoms with Crippen molar-refractivity contribution in [3.8, 4) is 22.7 Å². The lowest BCUT2D eigenvalue weighted by atomic mass is 10.1. The Balaban J connectivity index is 1.52. The van der Waals surface area contributed by atoms with Crippen LogP contribution in [-0.2, 0) is 4.79 Å². The second-order valence-electron chi connectivity index (χ2n) is 8.48. The van der Waals surface area contributed by atoms with Gasteiger partial charge >= 0.3 is 0 Å². The van der Waals surface area contributed by atoms with E-state index in [2.05, 4.69) is 4.98 Å². The average molecular weight is 503 g/mol. The summed E-state index contributed by atoms with van der Waals surface area (Å²) in [6.07, 6.45) is 5.41. The number of aromatic nitrogens is 3. The lowest BCUT2D eigenvalue weighted by molar-refractivity contribution is -0.114. The summed E-state index contributed by atoms with van der Waals surface area (Å²) in [7, 11) is 0. The molecule has 1 atom stereocenters. The van der Waals surface area contributed by atoms with Gasteiger partial charge < -0.3 is 5.11 Å². The number of anilines is 1. The number of hydrogen-bond donors (Lipinski definition) is 1. The maximum atomic E-state index is 13.8. The van der Waals surface area contributed by atoms with Crippen molar-refractivity contribution in [2.24, 2.45) is 0 Å². The number of nitrogens with zero attached hydrogens (tertiary/aromatic N) is 4. The Morgan fingerprint density at radius 2 is 1.54 bits per heavy atom. The van der Waals surface area contributed by atoms with E-state index >= 15 is 0 Å². The van der Waals surface area contributed by atoms with Crippen LogP contribution < -0.4 is 4.90 Å². The Kier molecular flexibility index (Phi) is 6.04. The molecule has 1 N–H and O–H groups in total. The molecule has 1 aliphatic rings. The van der Waals surface area contributed by atoms with Gasteiger partial charge in [-0.3, -0.25) is 9.69 Å². The normalized spacial score (nSPS) is 16.4. The number of thioether (sulfide) groups is 1. The van der Waals surface area contributed by atoms with Crippen molar-refractivity contribution in [1.29, 1.82) is 0 Å². The topological polar surface area (TPSA) is 71.2 Å². The molecule has 37 heavy (non-hydrogen) atoms. The monoisotopic (exact) mass is 502 g/mol. The van der Waals surface area contributed by atoms with Crippen molar-refractivity contribution in [1.82, 2.24) is 14.8 Å². The molecule has 5 aromatic rings. The lowest BCUT2D eigenvalue weighted by Gasteiger charge is -2.22. The molecule has 180 valence electrons. The van der Waals surface area contributed by atoms with Crippen LogP contribution in [0, 0.1) is 0 Å². The Morgan fingerprint density at radius 1 is 0.838 bits per heavy atom. The van der Waals surface area contributed by atoms with Crippen LogP contribution in [0.2, 0.25) is 0 Å². The van der Waals surface area contributed by atoms with Gasteiger partial charge in [0.15, 0.2) is 0 Å². The quantitative estimate of drug-likeness (QED) is 0.279. The van der Waals surface area contributed by atoms with Crippen molar-refractivity contribution in [2.45, 2.75) is 5.37 Å². The van der Waals surface area contributed by atoms with Crippen molar-refractivity contribution in [2.75, 3.05) is 4.90 Å². The Labute approximate surface area is 218 Å². The molecule has 1 aliphatic heterocycles. The Bertz CT molecular complexity index is 1580.